The molecule has 3 fully saturated rings. The molecule has 0 amide bonds. The third-order valence-corrected chi connectivity index (χ3v) is 8.27. The minimum absolute atomic E-state index is 0.00617. The van der Waals surface area contributed by atoms with E-state index < -0.39 is 6.17 Å². The van der Waals surface area contributed by atoms with Crippen molar-refractivity contribution < 1.29 is 4.39 Å². The third kappa shape index (κ3) is 1.80. The summed E-state index contributed by atoms with van der Waals surface area (Å²) in [7, 11) is 0. The molecule has 3 saturated carbocycles. The molecule has 0 spiro atoms. The van der Waals surface area contributed by atoms with Crippen LogP contribution in [0.2, 0.25) is 0 Å². The Morgan fingerprint density at radius 2 is 2.00 bits per heavy atom. The molecule has 0 aromatic rings. The molecule has 0 aliphatic heterocycles. The molecule has 0 radical (unpaired) electrons. The van der Waals surface area contributed by atoms with Crippen LogP contribution in [0.3, 0.4) is 0 Å². The first-order valence-corrected chi connectivity index (χ1v) is 9.53. The van der Waals surface area contributed by atoms with E-state index in [9.17, 15) is 4.39 Å². The number of allylic oxidation sites excluding steroid dienone is 4. The SMILES string of the molecule is CC[C@H]1CC[C@H]2[C@@H]3C[C@H](F)C4=CCC=C[C@]4(C)[C@H]3CC[C@]12C. The highest BCUT2D eigenvalue weighted by atomic mass is 19.1. The largest absolute Gasteiger partial charge is 0.243 e. The van der Waals surface area contributed by atoms with Crippen molar-refractivity contribution in [3.63, 3.8) is 0 Å². The van der Waals surface area contributed by atoms with Crippen molar-refractivity contribution in [2.24, 2.45) is 34.5 Å². The van der Waals surface area contributed by atoms with E-state index in [1.807, 2.05) is 0 Å². The number of hydrogen-bond donors (Lipinski definition) is 0. The maximum atomic E-state index is 15.0. The van der Waals surface area contributed by atoms with Crippen molar-refractivity contribution in [1.29, 1.82) is 0 Å². The lowest BCUT2D eigenvalue weighted by atomic mass is 9.47. The maximum Gasteiger partial charge on any atom is 0.122 e. The fourth-order valence-corrected chi connectivity index (χ4v) is 7.13. The van der Waals surface area contributed by atoms with E-state index in [-0.39, 0.29) is 5.41 Å². The zero-order chi connectivity index (χ0) is 15.5. The van der Waals surface area contributed by atoms with Gasteiger partial charge in [-0.1, -0.05) is 45.4 Å². The summed E-state index contributed by atoms with van der Waals surface area (Å²) in [4.78, 5) is 0. The molecule has 4 rings (SSSR count). The van der Waals surface area contributed by atoms with Gasteiger partial charge in [-0.25, -0.2) is 4.39 Å². The molecule has 0 aromatic carbocycles. The lowest BCUT2D eigenvalue weighted by molar-refractivity contribution is -0.0492. The first kappa shape index (κ1) is 15.0. The Morgan fingerprint density at radius 1 is 1.18 bits per heavy atom. The van der Waals surface area contributed by atoms with Gasteiger partial charge in [0, 0.05) is 5.41 Å². The van der Waals surface area contributed by atoms with Crippen LogP contribution >= 0.6 is 0 Å². The second-order valence-corrected chi connectivity index (χ2v) is 8.89. The van der Waals surface area contributed by atoms with Gasteiger partial charge in [-0.3, -0.25) is 0 Å². The Balaban J connectivity index is 1.71. The van der Waals surface area contributed by atoms with Crippen LogP contribution in [0.15, 0.2) is 23.8 Å². The molecule has 0 nitrogen and oxygen atoms in total. The van der Waals surface area contributed by atoms with Crippen LogP contribution in [0.4, 0.5) is 4.39 Å². The minimum Gasteiger partial charge on any atom is -0.243 e. The molecule has 0 heterocycles. The molecule has 122 valence electrons. The summed E-state index contributed by atoms with van der Waals surface area (Å²) in [5.74, 6) is 2.93. The molecular weight excluding hydrogens is 271 g/mol. The molecule has 0 bridgehead atoms. The number of rotatable bonds is 1. The molecule has 0 aromatic heterocycles. The summed E-state index contributed by atoms with van der Waals surface area (Å²) in [5.41, 5.74) is 1.61. The van der Waals surface area contributed by atoms with Crippen molar-refractivity contribution in [3.8, 4) is 0 Å². The molecule has 22 heavy (non-hydrogen) atoms. The Kier molecular flexibility index (Phi) is 3.37. The summed E-state index contributed by atoms with van der Waals surface area (Å²) < 4.78 is 15.0. The maximum absolute atomic E-state index is 15.0. The van der Waals surface area contributed by atoms with E-state index in [2.05, 4.69) is 39.0 Å². The smallest absolute Gasteiger partial charge is 0.122 e. The predicted octanol–water partition coefficient (Wildman–Crippen LogP) is 6.09. The quantitative estimate of drug-likeness (QED) is 0.514. The zero-order valence-corrected chi connectivity index (χ0v) is 14.4. The van der Waals surface area contributed by atoms with Crippen molar-refractivity contribution in [2.75, 3.05) is 0 Å². The summed E-state index contributed by atoms with van der Waals surface area (Å²) in [6.07, 6.45) is 14.6. The summed E-state index contributed by atoms with van der Waals surface area (Å²) in [5, 5.41) is 0. The van der Waals surface area contributed by atoms with E-state index >= 15 is 0 Å². The van der Waals surface area contributed by atoms with Crippen molar-refractivity contribution in [1.82, 2.24) is 0 Å². The topological polar surface area (TPSA) is 0 Å². The Labute approximate surface area is 135 Å². The van der Waals surface area contributed by atoms with Crippen LogP contribution < -0.4 is 0 Å². The fourth-order valence-electron chi connectivity index (χ4n) is 7.13. The highest BCUT2D eigenvalue weighted by Gasteiger charge is 2.59. The minimum atomic E-state index is -0.695. The Hall–Kier alpha value is -0.590. The average Bonchev–Trinajstić information content (AvgIpc) is 2.84. The Morgan fingerprint density at radius 3 is 2.77 bits per heavy atom. The van der Waals surface area contributed by atoms with E-state index in [1.54, 1.807) is 0 Å². The van der Waals surface area contributed by atoms with Gasteiger partial charge in [0.1, 0.15) is 6.17 Å². The van der Waals surface area contributed by atoms with Crippen LogP contribution in [0.1, 0.15) is 65.7 Å². The molecule has 4 aliphatic rings. The fraction of sp³-hybridized carbons (Fsp3) is 0.810. The van der Waals surface area contributed by atoms with Crippen LogP contribution in [-0.2, 0) is 0 Å². The monoisotopic (exact) mass is 302 g/mol. The van der Waals surface area contributed by atoms with E-state index in [4.69, 9.17) is 0 Å². The first-order chi connectivity index (χ1) is 10.5. The van der Waals surface area contributed by atoms with Crippen LogP contribution in [0.25, 0.3) is 0 Å². The number of hydrogen-bond acceptors (Lipinski definition) is 0. The third-order valence-electron chi connectivity index (χ3n) is 8.27. The van der Waals surface area contributed by atoms with Gasteiger partial charge in [0.25, 0.3) is 0 Å². The highest BCUT2D eigenvalue weighted by molar-refractivity contribution is 5.34. The first-order valence-electron chi connectivity index (χ1n) is 9.53. The zero-order valence-electron chi connectivity index (χ0n) is 14.4. The van der Waals surface area contributed by atoms with Gasteiger partial charge in [-0.05, 0) is 73.2 Å². The molecule has 1 heteroatoms. The van der Waals surface area contributed by atoms with E-state index in [1.165, 1.54) is 32.1 Å². The van der Waals surface area contributed by atoms with Gasteiger partial charge in [0.15, 0.2) is 0 Å². The van der Waals surface area contributed by atoms with Gasteiger partial charge in [0.05, 0.1) is 0 Å². The summed E-state index contributed by atoms with van der Waals surface area (Å²) in [6, 6.07) is 0. The van der Waals surface area contributed by atoms with Crippen LogP contribution in [-0.4, -0.2) is 6.17 Å². The van der Waals surface area contributed by atoms with Crippen molar-refractivity contribution in [2.45, 2.75) is 71.9 Å². The molecule has 4 aliphatic carbocycles. The van der Waals surface area contributed by atoms with E-state index in [0.29, 0.717) is 17.3 Å². The van der Waals surface area contributed by atoms with E-state index in [0.717, 1.165) is 30.3 Å². The summed E-state index contributed by atoms with van der Waals surface area (Å²) >= 11 is 0. The second kappa shape index (κ2) is 4.95. The number of fused-ring (bicyclic) bond motifs is 5. The second-order valence-electron chi connectivity index (χ2n) is 8.89. The summed E-state index contributed by atoms with van der Waals surface area (Å²) in [6.45, 7) is 7.22. The normalized spacial score (nSPS) is 53.5. The predicted molar refractivity (Wildman–Crippen MR) is 90.3 cm³/mol. The lowest BCUT2D eigenvalue weighted by Crippen LogP contribution is -2.51. The number of halogens is 1. The molecule has 0 saturated heterocycles. The molecule has 7 atom stereocenters. The lowest BCUT2D eigenvalue weighted by Gasteiger charge is -2.57. The van der Waals surface area contributed by atoms with Crippen LogP contribution in [0.5, 0.6) is 0 Å². The van der Waals surface area contributed by atoms with Gasteiger partial charge in [-0.15, -0.1) is 0 Å². The molecule has 0 unspecified atom stereocenters. The van der Waals surface area contributed by atoms with Gasteiger partial charge in [0.2, 0.25) is 0 Å². The van der Waals surface area contributed by atoms with Crippen molar-refractivity contribution >= 4 is 0 Å². The number of alkyl halides is 1. The molecular formula is C21H31F. The average molecular weight is 302 g/mol. The van der Waals surface area contributed by atoms with Gasteiger partial charge < -0.3 is 0 Å². The highest BCUT2D eigenvalue weighted by Crippen LogP contribution is 2.66. The Bertz CT molecular complexity index is 518. The molecule has 0 N–H and O–H groups in total. The van der Waals surface area contributed by atoms with Crippen LogP contribution in [0, 0.1) is 34.5 Å². The standard InChI is InChI=1S/C21H31F/c1-4-14-8-9-16-15-13-19(22)18-7-5-6-11-21(18,3)17(15)10-12-20(14,16)2/h6-7,11,14-17,19H,4-5,8-10,12-13H2,1-3H3/t14-,15-,16-,17-,19-,20+,21+/m0/s1. The van der Waals surface area contributed by atoms with Gasteiger partial charge in [-0.2, -0.15) is 0 Å². The van der Waals surface area contributed by atoms with Gasteiger partial charge >= 0.3 is 0 Å². The van der Waals surface area contributed by atoms with Crippen molar-refractivity contribution in [3.05, 3.63) is 23.8 Å².